The number of nitrogens with zero attached hydrogens (tertiary/aromatic N) is 1. The van der Waals surface area contributed by atoms with Gasteiger partial charge in [-0.3, -0.25) is 4.79 Å². The number of para-hydroxylation sites is 1. The molecule has 2 rings (SSSR count). The van der Waals surface area contributed by atoms with Crippen molar-refractivity contribution in [2.75, 3.05) is 21.3 Å². The van der Waals surface area contributed by atoms with Crippen molar-refractivity contribution in [1.82, 2.24) is 4.90 Å². The maximum Gasteiger partial charge on any atom is 0.223 e. The lowest BCUT2D eigenvalue weighted by molar-refractivity contribution is -0.131. The molecule has 2 aromatic rings. The molecule has 1 atom stereocenters. The van der Waals surface area contributed by atoms with Crippen molar-refractivity contribution in [1.29, 1.82) is 0 Å². The summed E-state index contributed by atoms with van der Waals surface area (Å²) in [6.45, 7) is 2.02. The second-order valence-corrected chi connectivity index (χ2v) is 5.77. The summed E-state index contributed by atoms with van der Waals surface area (Å²) in [5, 5.41) is 0. The Balaban J connectivity index is 2.00. The average Bonchev–Trinajstić information content (AvgIpc) is 2.64. The summed E-state index contributed by atoms with van der Waals surface area (Å²) < 4.78 is 10.6. The van der Waals surface area contributed by atoms with Gasteiger partial charge in [0.05, 0.1) is 20.3 Å². The molecule has 24 heavy (non-hydrogen) atoms. The molecule has 4 heteroatoms. The second kappa shape index (κ2) is 8.39. The van der Waals surface area contributed by atoms with Crippen LogP contribution in [0, 0.1) is 0 Å². The van der Waals surface area contributed by atoms with Gasteiger partial charge in [0.15, 0.2) is 0 Å². The molecule has 128 valence electrons. The Labute approximate surface area is 144 Å². The highest BCUT2D eigenvalue weighted by Gasteiger charge is 2.19. The number of aryl methyl sites for hydroxylation is 1. The molecule has 2 aromatic carbocycles. The lowest BCUT2D eigenvalue weighted by atomic mass is 10.0. The van der Waals surface area contributed by atoms with Gasteiger partial charge >= 0.3 is 0 Å². The summed E-state index contributed by atoms with van der Waals surface area (Å²) in [5.41, 5.74) is 2.11. The molecule has 0 aromatic heterocycles. The van der Waals surface area contributed by atoms with Gasteiger partial charge in [-0.25, -0.2) is 0 Å². The summed E-state index contributed by atoms with van der Waals surface area (Å²) in [6, 6.07) is 15.6. The third-order valence-electron chi connectivity index (χ3n) is 4.33. The third-order valence-corrected chi connectivity index (χ3v) is 4.33. The molecule has 0 radical (unpaired) electrons. The molecule has 0 aliphatic carbocycles. The van der Waals surface area contributed by atoms with Gasteiger partial charge in [-0.2, -0.15) is 0 Å². The van der Waals surface area contributed by atoms with Crippen LogP contribution in [-0.2, 0) is 11.2 Å². The number of carbonyl (C=O) groups is 1. The molecule has 0 fully saturated rings. The SMILES string of the molecule is COc1cccc(CCC(=O)N(C)C(C)c2ccccc2OC)c1. The lowest BCUT2D eigenvalue weighted by Gasteiger charge is -2.26. The summed E-state index contributed by atoms with van der Waals surface area (Å²) >= 11 is 0. The van der Waals surface area contributed by atoms with Gasteiger partial charge in [-0.15, -0.1) is 0 Å². The van der Waals surface area contributed by atoms with E-state index < -0.39 is 0 Å². The van der Waals surface area contributed by atoms with Crippen LogP contribution < -0.4 is 9.47 Å². The zero-order valence-electron chi connectivity index (χ0n) is 14.8. The van der Waals surface area contributed by atoms with Crippen LogP contribution in [-0.4, -0.2) is 32.1 Å². The van der Waals surface area contributed by atoms with E-state index in [1.54, 1.807) is 19.1 Å². The summed E-state index contributed by atoms with van der Waals surface area (Å²) in [4.78, 5) is 14.3. The molecule has 0 aliphatic rings. The second-order valence-electron chi connectivity index (χ2n) is 5.77. The highest BCUT2D eigenvalue weighted by Crippen LogP contribution is 2.28. The molecule has 0 saturated heterocycles. The van der Waals surface area contributed by atoms with E-state index in [-0.39, 0.29) is 11.9 Å². The highest BCUT2D eigenvalue weighted by molar-refractivity contribution is 5.76. The lowest BCUT2D eigenvalue weighted by Crippen LogP contribution is -2.30. The van der Waals surface area contributed by atoms with E-state index in [9.17, 15) is 4.79 Å². The van der Waals surface area contributed by atoms with Crippen molar-refractivity contribution in [2.45, 2.75) is 25.8 Å². The van der Waals surface area contributed by atoms with Crippen LogP contribution in [0.1, 0.15) is 30.5 Å². The van der Waals surface area contributed by atoms with Gasteiger partial charge in [0.25, 0.3) is 0 Å². The van der Waals surface area contributed by atoms with Crippen LogP contribution in [0.2, 0.25) is 0 Å². The average molecular weight is 327 g/mol. The van der Waals surface area contributed by atoms with Gasteiger partial charge < -0.3 is 14.4 Å². The molecular weight excluding hydrogens is 302 g/mol. The highest BCUT2D eigenvalue weighted by atomic mass is 16.5. The predicted molar refractivity (Wildman–Crippen MR) is 95.5 cm³/mol. The molecule has 4 nitrogen and oxygen atoms in total. The Kier molecular flexibility index (Phi) is 6.24. The van der Waals surface area contributed by atoms with E-state index in [0.29, 0.717) is 12.8 Å². The van der Waals surface area contributed by atoms with Crippen molar-refractivity contribution >= 4 is 5.91 Å². The predicted octanol–water partition coefficient (Wildman–Crippen LogP) is 3.86. The smallest absolute Gasteiger partial charge is 0.223 e. The maximum absolute atomic E-state index is 12.5. The van der Waals surface area contributed by atoms with Crippen molar-refractivity contribution in [3.05, 3.63) is 59.7 Å². The molecule has 0 bridgehead atoms. The van der Waals surface area contributed by atoms with Crippen molar-refractivity contribution in [3.8, 4) is 11.5 Å². The van der Waals surface area contributed by atoms with E-state index >= 15 is 0 Å². The number of hydrogen-bond acceptors (Lipinski definition) is 3. The Hall–Kier alpha value is -2.49. The number of rotatable bonds is 7. The van der Waals surface area contributed by atoms with E-state index in [1.807, 2.05) is 62.5 Å². The molecule has 0 saturated carbocycles. The van der Waals surface area contributed by atoms with E-state index in [1.165, 1.54) is 0 Å². The van der Waals surface area contributed by atoms with Crippen LogP contribution in [0.3, 0.4) is 0 Å². The Morgan fingerprint density at radius 3 is 2.54 bits per heavy atom. The third kappa shape index (κ3) is 4.28. The number of carbonyl (C=O) groups excluding carboxylic acids is 1. The van der Waals surface area contributed by atoms with Crippen LogP contribution in [0.4, 0.5) is 0 Å². The zero-order valence-corrected chi connectivity index (χ0v) is 14.8. The Bertz CT molecular complexity index is 684. The first-order valence-electron chi connectivity index (χ1n) is 8.08. The molecule has 0 spiro atoms. The van der Waals surface area contributed by atoms with E-state index in [2.05, 4.69) is 0 Å². The summed E-state index contributed by atoms with van der Waals surface area (Å²) in [7, 11) is 5.13. The number of methoxy groups -OCH3 is 2. The van der Waals surface area contributed by atoms with Crippen LogP contribution >= 0.6 is 0 Å². The van der Waals surface area contributed by atoms with Crippen molar-refractivity contribution < 1.29 is 14.3 Å². The number of amides is 1. The van der Waals surface area contributed by atoms with E-state index in [0.717, 1.165) is 22.6 Å². The van der Waals surface area contributed by atoms with Gasteiger partial charge in [0.1, 0.15) is 11.5 Å². The fourth-order valence-corrected chi connectivity index (χ4v) is 2.69. The molecule has 1 amide bonds. The first kappa shape index (κ1) is 17.9. The largest absolute Gasteiger partial charge is 0.497 e. The van der Waals surface area contributed by atoms with E-state index in [4.69, 9.17) is 9.47 Å². The first-order chi connectivity index (χ1) is 11.6. The van der Waals surface area contributed by atoms with Gasteiger partial charge in [-0.1, -0.05) is 30.3 Å². The quantitative estimate of drug-likeness (QED) is 0.775. The molecular formula is C20H25NO3. The minimum Gasteiger partial charge on any atom is -0.497 e. The fraction of sp³-hybridized carbons (Fsp3) is 0.350. The van der Waals surface area contributed by atoms with Crippen LogP contribution in [0.25, 0.3) is 0 Å². The minimum atomic E-state index is -0.0426. The van der Waals surface area contributed by atoms with Crippen LogP contribution in [0.5, 0.6) is 11.5 Å². The number of ether oxygens (including phenoxy) is 2. The summed E-state index contributed by atoms with van der Waals surface area (Å²) in [5.74, 6) is 1.73. The van der Waals surface area contributed by atoms with Crippen molar-refractivity contribution in [2.24, 2.45) is 0 Å². The first-order valence-corrected chi connectivity index (χ1v) is 8.08. The minimum absolute atomic E-state index is 0.0426. The Morgan fingerprint density at radius 2 is 1.83 bits per heavy atom. The topological polar surface area (TPSA) is 38.8 Å². The van der Waals surface area contributed by atoms with Gasteiger partial charge in [0, 0.05) is 19.0 Å². The zero-order chi connectivity index (χ0) is 17.5. The number of benzene rings is 2. The van der Waals surface area contributed by atoms with Crippen molar-refractivity contribution in [3.63, 3.8) is 0 Å². The molecule has 1 unspecified atom stereocenters. The summed E-state index contributed by atoms with van der Waals surface area (Å²) in [6.07, 6.45) is 1.15. The van der Waals surface area contributed by atoms with Crippen LogP contribution in [0.15, 0.2) is 48.5 Å². The number of hydrogen-bond donors (Lipinski definition) is 0. The molecule has 0 N–H and O–H groups in total. The molecule has 0 aliphatic heterocycles. The standard InChI is InChI=1S/C20H25NO3/c1-15(18-10-5-6-11-19(18)24-4)21(2)20(22)13-12-16-8-7-9-17(14-16)23-3/h5-11,14-15H,12-13H2,1-4H3. The van der Waals surface area contributed by atoms with Gasteiger partial charge in [-0.05, 0) is 37.1 Å². The monoisotopic (exact) mass is 327 g/mol. The van der Waals surface area contributed by atoms with Gasteiger partial charge in [0.2, 0.25) is 5.91 Å². The maximum atomic E-state index is 12.5. The fourth-order valence-electron chi connectivity index (χ4n) is 2.69. The normalized spacial score (nSPS) is 11.7. The Morgan fingerprint density at radius 1 is 1.08 bits per heavy atom. The molecule has 0 heterocycles.